The lowest BCUT2D eigenvalue weighted by Crippen LogP contribution is -2.23. The summed E-state index contributed by atoms with van der Waals surface area (Å²) >= 11 is 0. The molecule has 8 aromatic rings. The van der Waals surface area contributed by atoms with Crippen molar-refractivity contribution in [1.29, 1.82) is 0 Å². The molecule has 0 unspecified atom stereocenters. The Morgan fingerprint density at radius 3 is 0.812 bits per heavy atom. The Labute approximate surface area is 381 Å². The Morgan fingerprint density at radius 2 is 0.531 bits per heavy atom. The molecule has 2 aliphatic rings. The van der Waals surface area contributed by atoms with Crippen LogP contribution < -0.4 is 9.80 Å². The summed E-state index contributed by atoms with van der Waals surface area (Å²) in [4.78, 5) is 5.10. The summed E-state index contributed by atoms with van der Waals surface area (Å²) in [6.07, 6.45) is 0. The van der Waals surface area contributed by atoms with Crippen LogP contribution in [0.5, 0.6) is 0 Å². The summed E-state index contributed by atoms with van der Waals surface area (Å²) in [7, 11) is 0. The van der Waals surface area contributed by atoms with Gasteiger partial charge in [0.25, 0.3) is 0 Å². The second kappa shape index (κ2) is 14.6. The van der Waals surface area contributed by atoms with Gasteiger partial charge >= 0.3 is 0 Å². The molecular weight excluding hydrogens is 773 g/mol. The van der Waals surface area contributed by atoms with Crippen molar-refractivity contribution >= 4 is 66.8 Å². The second-order valence-corrected chi connectivity index (χ2v) is 22.4. The minimum absolute atomic E-state index is 0.0396. The van der Waals surface area contributed by atoms with Gasteiger partial charge in [-0.3, -0.25) is 0 Å². The zero-order chi connectivity index (χ0) is 45.1. The Balaban J connectivity index is 1.26. The number of hydrogen-bond donors (Lipinski definition) is 0. The van der Waals surface area contributed by atoms with Crippen LogP contribution >= 0.6 is 0 Å². The molecule has 0 atom stereocenters. The van der Waals surface area contributed by atoms with Gasteiger partial charge in [-0.05, 0) is 91.1 Å². The number of benzene rings is 8. The van der Waals surface area contributed by atoms with Crippen LogP contribution in [0.25, 0.3) is 32.7 Å². The molecule has 2 heteroatoms. The molecule has 2 heterocycles. The van der Waals surface area contributed by atoms with Crippen molar-refractivity contribution in [1.82, 2.24) is 0 Å². The molecule has 0 spiro atoms. The van der Waals surface area contributed by atoms with Crippen LogP contribution in [0.1, 0.15) is 128 Å². The summed E-state index contributed by atoms with van der Waals surface area (Å²) in [5.74, 6) is 0. The average molecular weight is 835 g/mol. The topological polar surface area (TPSA) is 6.48 Å². The lowest BCUT2D eigenvalue weighted by molar-refractivity contribution is 0.589. The third-order valence-electron chi connectivity index (χ3n) is 13.7. The van der Waals surface area contributed by atoms with Crippen molar-refractivity contribution < 1.29 is 0 Å². The molecule has 2 nitrogen and oxygen atoms in total. The number of para-hydroxylation sites is 4. The van der Waals surface area contributed by atoms with Gasteiger partial charge in [0.15, 0.2) is 0 Å². The van der Waals surface area contributed by atoms with Gasteiger partial charge in [0, 0.05) is 44.2 Å². The molecule has 0 fully saturated rings. The summed E-state index contributed by atoms with van der Waals surface area (Å²) in [6.45, 7) is 27.8. The fraction of sp³-hybridized carbons (Fsp3) is 0.258. The number of hydrogen-bond acceptors (Lipinski definition) is 2. The normalized spacial score (nSPS) is 14.1. The first-order chi connectivity index (χ1) is 30.3. The zero-order valence-corrected chi connectivity index (χ0v) is 39.9. The van der Waals surface area contributed by atoms with Crippen molar-refractivity contribution in [3.05, 3.63) is 202 Å². The van der Waals surface area contributed by atoms with Gasteiger partial charge in [-0.2, -0.15) is 0 Å². The van der Waals surface area contributed by atoms with Gasteiger partial charge in [-0.15, -0.1) is 0 Å². The van der Waals surface area contributed by atoms with Gasteiger partial charge in [-0.25, -0.2) is 0 Å². The summed E-state index contributed by atoms with van der Waals surface area (Å²) in [6, 6.07) is 60.4. The molecular formula is C62H62N2. The largest absolute Gasteiger partial charge is 0.309 e. The molecule has 320 valence electrons. The van der Waals surface area contributed by atoms with Gasteiger partial charge in [0.2, 0.25) is 0 Å². The molecule has 10 rings (SSSR count). The predicted molar refractivity (Wildman–Crippen MR) is 277 cm³/mol. The van der Waals surface area contributed by atoms with Crippen molar-refractivity contribution in [3.63, 3.8) is 0 Å². The maximum atomic E-state index is 2.55. The van der Waals surface area contributed by atoms with Crippen LogP contribution in [0.15, 0.2) is 158 Å². The minimum Gasteiger partial charge on any atom is -0.309 e. The van der Waals surface area contributed by atoms with Crippen molar-refractivity contribution in [3.8, 4) is 0 Å². The maximum absolute atomic E-state index is 2.55. The van der Waals surface area contributed by atoms with Gasteiger partial charge in [-0.1, -0.05) is 204 Å². The molecule has 2 aliphatic heterocycles. The first kappa shape index (κ1) is 41.6. The van der Waals surface area contributed by atoms with E-state index in [2.05, 4.69) is 251 Å². The quantitative estimate of drug-likeness (QED) is 0.171. The number of fused-ring (bicyclic) bond motifs is 6. The van der Waals surface area contributed by atoms with E-state index in [1.165, 1.54) is 111 Å². The van der Waals surface area contributed by atoms with E-state index in [1.807, 2.05) is 0 Å². The van der Waals surface area contributed by atoms with Gasteiger partial charge in [0.1, 0.15) is 0 Å². The van der Waals surface area contributed by atoms with E-state index in [9.17, 15) is 0 Å². The number of nitrogens with zero attached hydrogens (tertiary/aromatic N) is 2. The highest BCUT2D eigenvalue weighted by molar-refractivity contribution is 6.19. The average Bonchev–Trinajstić information content (AvgIpc) is 3.25. The maximum Gasteiger partial charge on any atom is 0.0543 e. The lowest BCUT2D eigenvalue weighted by atomic mass is 9.78. The lowest BCUT2D eigenvalue weighted by Gasteiger charge is -2.40. The highest BCUT2D eigenvalue weighted by atomic mass is 15.2. The third kappa shape index (κ3) is 6.85. The van der Waals surface area contributed by atoms with Crippen LogP contribution in [-0.4, -0.2) is 0 Å². The zero-order valence-electron chi connectivity index (χ0n) is 39.9. The number of anilines is 6. The molecule has 0 saturated carbocycles. The summed E-state index contributed by atoms with van der Waals surface area (Å²) in [5, 5.41) is 5.07. The van der Waals surface area contributed by atoms with E-state index in [0.717, 1.165) is 0 Å². The molecule has 0 radical (unpaired) electrons. The molecule has 0 aromatic heterocycles. The van der Waals surface area contributed by atoms with Gasteiger partial charge in [0.05, 0.1) is 34.1 Å². The van der Waals surface area contributed by atoms with Crippen LogP contribution in [0.2, 0.25) is 0 Å². The summed E-state index contributed by atoms with van der Waals surface area (Å²) in [5.41, 5.74) is 19.9. The van der Waals surface area contributed by atoms with Crippen molar-refractivity contribution in [2.24, 2.45) is 0 Å². The van der Waals surface area contributed by atoms with Crippen LogP contribution in [0.3, 0.4) is 0 Å². The van der Waals surface area contributed by atoms with Crippen molar-refractivity contribution in [2.45, 2.75) is 105 Å². The molecule has 0 aliphatic carbocycles. The summed E-state index contributed by atoms with van der Waals surface area (Å²) < 4.78 is 0. The van der Waals surface area contributed by atoms with Crippen molar-refractivity contribution in [2.75, 3.05) is 9.80 Å². The Hall–Kier alpha value is -6.38. The fourth-order valence-corrected chi connectivity index (χ4v) is 10.00. The van der Waals surface area contributed by atoms with E-state index in [1.54, 1.807) is 0 Å². The van der Waals surface area contributed by atoms with E-state index < -0.39 is 0 Å². The highest BCUT2D eigenvalue weighted by Crippen LogP contribution is 2.58. The molecule has 0 amide bonds. The first-order valence-electron chi connectivity index (χ1n) is 23.2. The van der Waals surface area contributed by atoms with E-state index in [4.69, 9.17) is 0 Å². The van der Waals surface area contributed by atoms with Crippen LogP contribution in [0.4, 0.5) is 34.1 Å². The molecule has 0 saturated heterocycles. The molecule has 0 bridgehead atoms. The van der Waals surface area contributed by atoms with E-state index in [0.29, 0.717) is 0 Å². The molecule has 0 N–H and O–H groups in total. The smallest absolute Gasteiger partial charge is 0.0543 e. The monoisotopic (exact) mass is 834 g/mol. The Bertz CT molecular complexity index is 2880. The molecule has 64 heavy (non-hydrogen) atoms. The van der Waals surface area contributed by atoms with Crippen LogP contribution in [-0.2, 0) is 21.7 Å². The van der Waals surface area contributed by atoms with Gasteiger partial charge < -0.3 is 9.80 Å². The Morgan fingerprint density at radius 1 is 0.266 bits per heavy atom. The van der Waals surface area contributed by atoms with E-state index >= 15 is 0 Å². The standard InChI is InChI=1S/C62H62N2/c1-59(2,3)41-29-31-45-39(33-41)35-43(61(7,8)9)37-55(45)63-51-25-17-13-21-47(51)57(48-22-14-18-26-52(48)63)58-49-23-15-19-27-53(49)64(54-28-20-16-24-50(54)58)56-38-44(62(10,11)12)36-40-34-42(60(4,5)6)30-32-46(40)56/h13-38H,1-12H3. The van der Waals surface area contributed by atoms with Crippen LogP contribution in [0, 0.1) is 0 Å². The van der Waals surface area contributed by atoms with E-state index in [-0.39, 0.29) is 21.7 Å². The third-order valence-corrected chi connectivity index (χ3v) is 13.7. The number of rotatable bonds is 2. The SMILES string of the molecule is CC(C)(C)c1ccc2c(N3c4ccccc4C(=C4c5ccccc5N(c5cc(C(C)(C)C)cc6cc(C(C)(C)C)ccc56)c5ccccc54)c4ccccc43)cc(C(C)(C)C)cc2c1. The predicted octanol–water partition coefficient (Wildman–Crippen LogP) is 17.8. The fourth-order valence-electron chi connectivity index (χ4n) is 10.00. The second-order valence-electron chi connectivity index (χ2n) is 22.4. The Kier molecular flexibility index (Phi) is 9.48. The first-order valence-corrected chi connectivity index (χ1v) is 23.2. The molecule has 8 aromatic carbocycles. The highest BCUT2D eigenvalue weighted by Gasteiger charge is 2.36. The minimum atomic E-state index is -0.0450.